The number of aromatic amines is 1. The van der Waals surface area contributed by atoms with Gasteiger partial charge in [0.15, 0.2) is 6.10 Å². The molecule has 1 saturated heterocycles. The lowest BCUT2D eigenvalue weighted by atomic mass is 10.1. The minimum Gasteiger partial charge on any atom is -0.394 e. The van der Waals surface area contributed by atoms with E-state index in [0.29, 0.717) is 4.57 Å². The molecule has 0 unspecified atom stereocenters. The van der Waals surface area contributed by atoms with Crippen molar-refractivity contribution in [2.45, 2.75) is 24.4 Å². The Kier molecular flexibility index (Phi) is 3.77. The fourth-order valence-corrected chi connectivity index (χ4v) is 2.19. The van der Waals surface area contributed by atoms with Crippen molar-refractivity contribution < 1.29 is 23.7 Å². The van der Waals surface area contributed by atoms with E-state index in [2.05, 4.69) is 0 Å². The smallest absolute Gasteiger partial charge is 0.330 e. The fourth-order valence-electron chi connectivity index (χ4n) is 1.75. The molecule has 106 valence electrons. The minimum absolute atomic E-state index is 0.0125. The molecule has 3 N–H and O–H groups in total. The Balaban J connectivity index is 2.51. The highest BCUT2D eigenvalue weighted by Gasteiger charge is 2.59. The van der Waals surface area contributed by atoms with Gasteiger partial charge in [-0.15, -0.1) is 0 Å². The number of aliphatic hydroxyl groups excluding tert-OH is 2. The largest absolute Gasteiger partial charge is 0.394 e. The highest BCUT2D eigenvalue weighted by molar-refractivity contribution is 14.1. The van der Waals surface area contributed by atoms with Gasteiger partial charge in [0.1, 0.15) is 6.10 Å². The van der Waals surface area contributed by atoms with Crippen molar-refractivity contribution in [3.63, 3.8) is 0 Å². The first-order chi connectivity index (χ1) is 8.78. The van der Waals surface area contributed by atoms with Gasteiger partial charge in [-0.25, -0.2) is 4.79 Å². The molecule has 2 heterocycles. The molecule has 0 radical (unpaired) electrons. The molecule has 10 heteroatoms. The van der Waals surface area contributed by atoms with E-state index in [0.717, 1.165) is 6.20 Å². The van der Waals surface area contributed by atoms with E-state index < -0.39 is 42.2 Å². The standard InChI is InChI=1S/C9H9F2IN2O5/c10-9(11)5(16)4(2-15)19-7(9)14-1-3(12)6(17)13-8(14)18/h1,4-5,7,15-16H,2H2,(H,13,17,18)/t4-,5-,7+/m0/s1. The van der Waals surface area contributed by atoms with Crippen LogP contribution in [0.4, 0.5) is 8.78 Å². The van der Waals surface area contributed by atoms with Crippen LogP contribution in [0.15, 0.2) is 15.8 Å². The molecule has 0 saturated carbocycles. The van der Waals surface area contributed by atoms with Crippen LogP contribution < -0.4 is 11.2 Å². The van der Waals surface area contributed by atoms with E-state index in [1.807, 2.05) is 4.98 Å². The molecule has 3 atom stereocenters. The predicted octanol–water partition coefficient (Wildman–Crippen LogP) is -0.973. The maximum atomic E-state index is 13.8. The third kappa shape index (κ3) is 2.32. The van der Waals surface area contributed by atoms with Gasteiger partial charge in [-0.1, -0.05) is 0 Å². The maximum absolute atomic E-state index is 13.8. The lowest BCUT2D eigenvalue weighted by Gasteiger charge is -2.21. The quantitative estimate of drug-likeness (QED) is 0.564. The summed E-state index contributed by atoms with van der Waals surface area (Å²) in [6, 6.07) is 0. The van der Waals surface area contributed by atoms with Crippen molar-refractivity contribution in [1.82, 2.24) is 9.55 Å². The number of rotatable bonds is 2. The number of aromatic nitrogens is 2. The van der Waals surface area contributed by atoms with Gasteiger partial charge in [-0.2, -0.15) is 8.78 Å². The molecule has 0 aromatic carbocycles. The summed E-state index contributed by atoms with van der Waals surface area (Å²) in [4.78, 5) is 24.5. The van der Waals surface area contributed by atoms with Gasteiger partial charge in [0.05, 0.1) is 10.2 Å². The first kappa shape index (κ1) is 14.6. The van der Waals surface area contributed by atoms with Crippen LogP contribution in [0, 0.1) is 3.57 Å². The monoisotopic (exact) mass is 390 g/mol. The molecule has 1 aliphatic heterocycles. The van der Waals surface area contributed by atoms with Crippen LogP contribution >= 0.6 is 22.6 Å². The number of ether oxygens (including phenoxy) is 1. The maximum Gasteiger partial charge on any atom is 0.330 e. The van der Waals surface area contributed by atoms with Gasteiger partial charge >= 0.3 is 11.6 Å². The molecular weight excluding hydrogens is 381 g/mol. The van der Waals surface area contributed by atoms with Crippen LogP contribution in [-0.2, 0) is 4.74 Å². The van der Waals surface area contributed by atoms with Crippen LogP contribution in [0.1, 0.15) is 6.23 Å². The second kappa shape index (κ2) is 4.92. The second-order valence-corrected chi connectivity index (χ2v) is 5.13. The lowest BCUT2D eigenvalue weighted by Crippen LogP contribution is -2.43. The summed E-state index contributed by atoms with van der Waals surface area (Å²) in [6.07, 6.45) is -4.92. The molecule has 19 heavy (non-hydrogen) atoms. The summed E-state index contributed by atoms with van der Waals surface area (Å²) < 4.78 is 32.9. The molecule has 0 aliphatic carbocycles. The number of H-pyrrole nitrogens is 1. The Labute approximate surface area is 118 Å². The number of nitrogens with zero attached hydrogens (tertiary/aromatic N) is 1. The number of aliphatic hydroxyl groups is 2. The van der Waals surface area contributed by atoms with E-state index in [1.165, 1.54) is 0 Å². The van der Waals surface area contributed by atoms with Crippen LogP contribution in [0.25, 0.3) is 0 Å². The molecule has 1 aromatic rings. The number of hydrogen-bond acceptors (Lipinski definition) is 5. The summed E-state index contributed by atoms with van der Waals surface area (Å²) in [5.41, 5.74) is -1.79. The van der Waals surface area contributed by atoms with Crippen LogP contribution in [0.5, 0.6) is 0 Å². The van der Waals surface area contributed by atoms with Gasteiger partial charge in [-0.3, -0.25) is 14.3 Å². The molecule has 1 aromatic heterocycles. The van der Waals surface area contributed by atoms with E-state index in [4.69, 9.17) is 9.84 Å². The van der Waals surface area contributed by atoms with E-state index in [1.54, 1.807) is 22.6 Å². The fraction of sp³-hybridized carbons (Fsp3) is 0.556. The zero-order valence-electron chi connectivity index (χ0n) is 9.22. The Morgan fingerprint density at radius 1 is 1.53 bits per heavy atom. The number of nitrogens with one attached hydrogen (secondary N) is 1. The van der Waals surface area contributed by atoms with Gasteiger partial charge in [-0.05, 0) is 22.6 Å². The lowest BCUT2D eigenvalue weighted by molar-refractivity contribution is -0.141. The average molecular weight is 390 g/mol. The van der Waals surface area contributed by atoms with Crippen molar-refractivity contribution in [3.8, 4) is 0 Å². The third-order valence-electron chi connectivity index (χ3n) is 2.74. The number of hydrogen-bond donors (Lipinski definition) is 3. The molecular formula is C9H9F2IN2O5. The molecule has 1 fully saturated rings. The molecule has 2 rings (SSSR count). The van der Waals surface area contributed by atoms with Crippen molar-refractivity contribution in [2.75, 3.05) is 6.61 Å². The van der Waals surface area contributed by atoms with Crippen LogP contribution in [0.2, 0.25) is 0 Å². The summed E-state index contributed by atoms with van der Waals surface area (Å²) in [5, 5.41) is 18.2. The summed E-state index contributed by atoms with van der Waals surface area (Å²) in [5.74, 6) is -3.77. The first-order valence-corrected chi connectivity index (χ1v) is 6.20. The average Bonchev–Trinajstić information content (AvgIpc) is 2.56. The van der Waals surface area contributed by atoms with Gasteiger partial charge in [0.2, 0.25) is 6.23 Å². The Hall–Kier alpha value is -0.850. The number of alkyl halides is 2. The Morgan fingerprint density at radius 3 is 2.68 bits per heavy atom. The number of halogens is 3. The first-order valence-electron chi connectivity index (χ1n) is 5.12. The molecule has 0 spiro atoms. The van der Waals surface area contributed by atoms with Crippen molar-refractivity contribution >= 4 is 22.6 Å². The second-order valence-electron chi connectivity index (χ2n) is 3.97. The molecule has 0 amide bonds. The molecule has 1 aliphatic rings. The van der Waals surface area contributed by atoms with Crippen molar-refractivity contribution in [2.24, 2.45) is 0 Å². The normalized spacial score (nSPS) is 29.6. The van der Waals surface area contributed by atoms with E-state index in [-0.39, 0.29) is 3.57 Å². The van der Waals surface area contributed by atoms with Gasteiger partial charge in [0.25, 0.3) is 5.56 Å². The predicted molar refractivity (Wildman–Crippen MR) is 66.0 cm³/mol. The van der Waals surface area contributed by atoms with E-state index in [9.17, 15) is 23.5 Å². The summed E-state index contributed by atoms with van der Waals surface area (Å²) >= 11 is 1.57. The van der Waals surface area contributed by atoms with Gasteiger partial charge in [0, 0.05) is 6.20 Å². The third-order valence-corrected chi connectivity index (χ3v) is 3.50. The zero-order chi connectivity index (χ0) is 14.4. The van der Waals surface area contributed by atoms with Crippen LogP contribution in [-0.4, -0.2) is 44.5 Å². The minimum atomic E-state index is -3.77. The Bertz CT molecular complexity index is 601. The Morgan fingerprint density at radius 2 is 2.16 bits per heavy atom. The highest BCUT2D eigenvalue weighted by Crippen LogP contribution is 2.41. The van der Waals surface area contributed by atoms with Gasteiger partial charge < -0.3 is 14.9 Å². The van der Waals surface area contributed by atoms with Crippen molar-refractivity contribution in [1.29, 1.82) is 0 Å². The summed E-state index contributed by atoms with van der Waals surface area (Å²) in [7, 11) is 0. The van der Waals surface area contributed by atoms with Crippen molar-refractivity contribution in [3.05, 3.63) is 30.6 Å². The van der Waals surface area contributed by atoms with E-state index >= 15 is 0 Å². The topological polar surface area (TPSA) is 105 Å². The SMILES string of the molecule is O=c1[nH]c(=O)n([C@@H]2O[C@@H](CO)[C@H](O)C2(F)F)cc1I. The highest BCUT2D eigenvalue weighted by atomic mass is 127. The molecule has 0 bridgehead atoms. The molecule has 7 nitrogen and oxygen atoms in total. The zero-order valence-corrected chi connectivity index (χ0v) is 11.4. The summed E-state index contributed by atoms with van der Waals surface area (Å²) in [6.45, 7) is -0.817. The van der Waals surface area contributed by atoms with Crippen LogP contribution in [0.3, 0.4) is 0 Å².